The first-order valence-electron chi connectivity index (χ1n) is 3.79. The van der Waals surface area contributed by atoms with Crippen LogP contribution in [0, 0.1) is 0 Å². The van der Waals surface area contributed by atoms with E-state index < -0.39 is 0 Å². The Bertz CT molecular complexity index is 272. The molecule has 1 aromatic rings. The molecule has 58 valence electrons. The topological polar surface area (TPSA) is 3.24 Å². The predicted molar refractivity (Wildman–Crippen MR) is 48.0 cm³/mol. The normalized spacial score (nSPS) is 23.6. The summed E-state index contributed by atoms with van der Waals surface area (Å²) in [5.74, 6) is 0. The molecule has 0 amide bonds. The van der Waals surface area contributed by atoms with Gasteiger partial charge in [-0.2, -0.15) is 0 Å². The molecule has 0 bridgehead atoms. The number of hydrogen-bond donors (Lipinski definition) is 0. The van der Waals surface area contributed by atoms with E-state index in [-0.39, 0.29) is 0 Å². The predicted octanol–water partition coefficient (Wildman–Crippen LogP) is 0.938. The Balaban J connectivity index is 2.47. The molecule has 1 aliphatic heterocycles. The number of rotatable bonds is 0. The van der Waals surface area contributed by atoms with Gasteiger partial charge in [0.25, 0.3) is 0 Å². The van der Waals surface area contributed by atoms with Gasteiger partial charge in [-0.05, 0) is 0 Å². The van der Waals surface area contributed by atoms with Crippen molar-refractivity contribution in [1.82, 2.24) is 3.92 Å². The minimum absolute atomic E-state index is 0.565. The Hall–Kier alpha value is -0.301. The molecule has 1 aromatic carbocycles. The van der Waals surface area contributed by atoms with Crippen molar-refractivity contribution in [1.29, 1.82) is 0 Å². The molecule has 1 unspecified atom stereocenters. The maximum atomic E-state index is 2.43. The molecule has 0 spiro atoms. The Kier molecular flexibility index (Phi) is 1.76. The van der Waals surface area contributed by atoms with Gasteiger partial charge in [0.15, 0.2) is 0 Å². The average molecular weight is 212 g/mol. The zero-order valence-electron chi connectivity index (χ0n) is 6.74. The third kappa shape index (κ3) is 1.12. The number of fused-ring (bicyclic) bond motifs is 1. The van der Waals surface area contributed by atoms with E-state index in [4.69, 9.17) is 0 Å². The standard InChI is InChI=1S/C9H11NSe/c1-7-8-5-3-4-6-9(8)11-10(7)2/h3-7H,1-2H3. The van der Waals surface area contributed by atoms with Gasteiger partial charge >= 0.3 is 73.4 Å². The molecule has 0 saturated heterocycles. The molecule has 2 rings (SSSR count). The van der Waals surface area contributed by atoms with Crippen LogP contribution >= 0.6 is 0 Å². The van der Waals surface area contributed by atoms with Crippen molar-refractivity contribution < 1.29 is 0 Å². The van der Waals surface area contributed by atoms with Gasteiger partial charge in [0.05, 0.1) is 0 Å². The fraction of sp³-hybridized carbons (Fsp3) is 0.333. The number of benzene rings is 1. The van der Waals surface area contributed by atoms with Crippen LogP contribution in [-0.4, -0.2) is 26.1 Å². The van der Waals surface area contributed by atoms with Crippen molar-refractivity contribution in [2.75, 3.05) is 7.05 Å². The van der Waals surface area contributed by atoms with E-state index >= 15 is 0 Å². The van der Waals surface area contributed by atoms with Crippen LogP contribution in [0.3, 0.4) is 0 Å². The maximum absolute atomic E-state index is 2.43. The van der Waals surface area contributed by atoms with Crippen LogP contribution in [0.4, 0.5) is 0 Å². The quantitative estimate of drug-likeness (QED) is 0.578. The number of hydrogen-bond acceptors (Lipinski definition) is 1. The summed E-state index contributed by atoms with van der Waals surface area (Å²) in [6, 6.07) is 9.38. The van der Waals surface area contributed by atoms with Crippen LogP contribution in [-0.2, 0) is 0 Å². The van der Waals surface area contributed by atoms with Crippen LogP contribution < -0.4 is 4.46 Å². The molecule has 0 saturated carbocycles. The van der Waals surface area contributed by atoms with Gasteiger partial charge in [0, 0.05) is 0 Å². The second kappa shape index (κ2) is 2.63. The summed E-state index contributed by atoms with van der Waals surface area (Å²) in [6.45, 7) is 2.27. The van der Waals surface area contributed by atoms with Crippen LogP contribution in [0.2, 0.25) is 0 Å². The van der Waals surface area contributed by atoms with Crippen LogP contribution in [0.5, 0.6) is 0 Å². The molecule has 0 aliphatic carbocycles. The Morgan fingerprint density at radius 1 is 1.36 bits per heavy atom. The van der Waals surface area contributed by atoms with E-state index in [1.165, 1.54) is 5.56 Å². The van der Waals surface area contributed by atoms with Gasteiger partial charge in [0.2, 0.25) is 0 Å². The van der Waals surface area contributed by atoms with Crippen molar-refractivity contribution in [2.24, 2.45) is 0 Å². The first-order valence-corrected chi connectivity index (χ1v) is 5.41. The van der Waals surface area contributed by atoms with Gasteiger partial charge in [-0.1, -0.05) is 0 Å². The summed E-state index contributed by atoms with van der Waals surface area (Å²) >= 11 is 0.565. The van der Waals surface area contributed by atoms with Crippen molar-refractivity contribution in [3.05, 3.63) is 29.8 Å². The Morgan fingerprint density at radius 2 is 2.09 bits per heavy atom. The molecule has 11 heavy (non-hydrogen) atoms. The van der Waals surface area contributed by atoms with E-state index in [2.05, 4.69) is 42.2 Å². The minimum atomic E-state index is 0.565. The molecule has 0 fully saturated rings. The summed E-state index contributed by atoms with van der Waals surface area (Å²) in [5, 5.41) is 0. The monoisotopic (exact) mass is 213 g/mol. The molecule has 2 heteroatoms. The summed E-state index contributed by atoms with van der Waals surface area (Å²) < 4.78 is 3.98. The van der Waals surface area contributed by atoms with E-state index in [0.717, 1.165) is 0 Å². The molecule has 1 atom stereocenters. The molecule has 1 aliphatic rings. The molecule has 0 N–H and O–H groups in total. The first-order chi connectivity index (χ1) is 5.29. The van der Waals surface area contributed by atoms with Crippen molar-refractivity contribution in [3.63, 3.8) is 0 Å². The third-order valence-corrected chi connectivity index (χ3v) is 4.62. The molecular weight excluding hydrogens is 201 g/mol. The summed E-state index contributed by atoms with van der Waals surface area (Å²) in [7, 11) is 2.20. The summed E-state index contributed by atoms with van der Waals surface area (Å²) in [4.78, 5) is 0. The van der Waals surface area contributed by atoms with E-state index in [1.54, 1.807) is 4.46 Å². The molecule has 1 heterocycles. The zero-order chi connectivity index (χ0) is 7.84. The molecule has 1 nitrogen and oxygen atoms in total. The van der Waals surface area contributed by atoms with Crippen molar-refractivity contribution in [2.45, 2.75) is 13.0 Å². The van der Waals surface area contributed by atoms with Crippen molar-refractivity contribution >= 4 is 19.6 Å². The summed E-state index contributed by atoms with van der Waals surface area (Å²) in [6.07, 6.45) is 0. The average Bonchev–Trinajstić information content (AvgIpc) is 2.30. The van der Waals surface area contributed by atoms with Gasteiger partial charge < -0.3 is 0 Å². The fourth-order valence-electron chi connectivity index (χ4n) is 1.34. The van der Waals surface area contributed by atoms with Gasteiger partial charge in [-0.3, -0.25) is 0 Å². The Labute approximate surface area is 73.8 Å². The van der Waals surface area contributed by atoms with E-state index in [1.807, 2.05) is 0 Å². The number of nitrogens with zero attached hydrogens (tertiary/aromatic N) is 1. The fourth-order valence-corrected chi connectivity index (χ4v) is 3.57. The van der Waals surface area contributed by atoms with Crippen molar-refractivity contribution in [3.8, 4) is 0 Å². The molecule has 0 radical (unpaired) electrons. The molecular formula is C9H11NSe. The van der Waals surface area contributed by atoms with Crippen LogP contribution in [0.15, 0.2) is 24.3 Å². The van der Waals surface area contributed by atoms with Gasteiger partial charge in [-0.15, -0.1) is 0 Å². The SMILES string of the molecule is CC1c2ccccc2[Se]N1C. The van der Waals surface area contributed by atoms with Crippen LogP contribution in [0.1, 0.15) is 18.5 Å². The van der Waals surface area contributed by atoms with E-state index in [0.29, 0.717) is 21.2 Å². The van der Waals surface area contributed by atoms with Gasteiger partial charge in [0.1, 0.15) is 0 Å². The Morgan fingerprint density at radius 3 is 2.82 bits per heavy atom. The second-order valence-corrected chi connectivity index (χ2v) is 5.37. The van der Waals surface area contributed by atoms with E-state index in [9.17, 15) is 0 Å². The second-order valence-electron chi connectivity index (χ2n) is 2.85. The summed E-state index contributed by atoms with van der Waals surface area (Å²) in [5.41, 5.74) is 1.52. The van der Waals surface area contributed by atoms with Crippen LogP contribution in [0.25, 0.3) is 0 Å². The zero-order valence-corrected chi connectivity index (χ0v) is 8.46. The van der Waals surface area contributed by atoms with Gasteiger partial charge in [-0.25, -0.2) is 0 Å². The molecule has 0 aromatic heterocycles. The first kappa shape index (κ1) is 7.35. The third-order valence-electron chi connectivity index (χ3n) is 2.16.